The first-order valence-corrected chi connectivity index (χ1v) is 7.39. The fourth-order valence-corrected chi connectivity index (χ4v) is 3.75. The molecular weight excluding hydrogens is 306 g/mol. The van der Waals surface area contributed by atoms with Crippen LogP contribution in [0.5, 0.6) is 0 Å². The highest BCUT2D eigenvalue weighted by atomic mass is 19.3. The summed E-state index contributed by atoms with van der Waals surface area (Å²) in [6, 6.07) is 0. The lowest BCUT2D eigenvalue weighted by molar-refractivity contribution is -0.149. The highest BCUT2D eigenvalue weighted by Gasteiger charge is 2.65. The zero-order valence-corrected chi connectivity index (χ0v) is 11.8. The number of ketones is 1. The molecule has 1 N–H and O–H groups in total. The molecule has 1 spiro atoms. The Labute approximate surface area is 124 Å². The van der Waals surface area contributed by atoms with Gasteiger partial charge in [0.15, 0.2) is 0 Å². The van der Waals surface area contributed by atoms with Crippen LogP contribution >= 0.6 is 0 Å². The average molecular weight is 323 g/mol. The minimum Gasteiger partial charge on any atom is -0.384 e. The number of alkyl halides is 4. The normalized spacial score (nSPS) is 34.1. The van der Waals surface area contributed by atoms with Crippen molar-refractivity contribution in [3.8, 4) is 0 Å². The van der Waals surface area contributed by atoms with E-state index in [9.17, 15) is 32.3 Å². The van der Waals surface area contributed by atoms with Crippen LogP contribution in [0.15, 0.2) is 0 Å². The highest BCUT2D eigenvalue weighted by molar-refractivity contribution is 6.36. The molecule has 3 fully saturated rings. The van der Waals surface area contributed by atoms with Crippen molar-refractivity contribution in [3.63, 3.8) is 0 Å². The largest absolute Gasteiger partial charge is 0.384 e. The molecule has 2 aliphatic carbocycles. The minimum atomic E-state index is -3.48. The maximum atomic E-state index is 13.8. The Hall–Kier alpha value is -1.18. The summed E-state index contributed by atoms with van der Waals surface area (Å²) in [6.07, 6.45) is -1.54. The van der Waals surface area contributed by atoms with Crippen LogP contribution < -0.4 is 0 Å². The molecule has 1 saturated heterocycles. The van der Waals surface area contributed by atoms with Crippen LogP contribution in [0, 0.1) is 5.92 Å². The lowest BCUT2D eigenvalue weighted by Gasteiger charge is -2.36. The van der Waals surface area contributed by atoms with Crippen molar-refractivity contribution >= 4 is 11.7 Å². The van der Waals surface area contributed by atoms with Gasteiger partial charge in [-0.3, -0.25) is 9.59 Å². The van der Waals surface area contributed by atoms with Gasteiger partial charge in [0.25, 0.3) is 17.8 Å². The number of amides is 1. The summed E-state index contributed by atoms with van der Waals surface area (Å²) in [5.41, 5.74) is -1.43. The maximum Gasteiger partial charge on any atom is 0.292 e. The number of aliphatic hydroxyl groups is 1. The van der Waals surface area contributed by atoms with E-state index in [1.54, 1.807) is 0 Å². The van der Waals surface area contributed by atoms with Crippen LogP contribution in [0.3, 0.4) is 0 Å². The van der Waals surface area contributed by atoms with E-state index >= 15 is 0 Å². The highest BCUT2D eigenvalue weighted by Crippen LogP contribution is 2.52. The topological polar surface area (TPSA) is 57.6 Å². The average Bonchev–Trinajstić information content (AvgIpc) is 2.81. The molecule has 3 aliphatic rings. The van der Waals surface area contributed by atoms with Crippen molar-refractivity contribution in [3.05, 3.63) is 0 Å². The van der Waals surface area contributed by atoms with E-state index in [0.29, 0.717) is 12.8 Å². The molecule has 8 heteroatoms. The summed E-state index contributed by atoms with van der Waals surface area (Å²) < 4.78 is 53.3. The smallest absolute Gasteiger partial charge is 0.292 e. The summed E-state index contributed by atoms with van der Waals surface area (Å²) >= 11 is 0. The Balaban J connectivity index is 1.77. The first-order chi connectivity index (χ1) is 10.1. The van der Waals surface area contributed by atoms with Crippen molar-refractivity contribution in [1.29, 1.82) is 0 Å². The zero-order valence-electron chi connectivity index (χ0n) is 11.8. The molecule has 2 atom stereocenters. The predicted molar refractivity (Wildman–Crippen MR) is 66.5 cm³/mol. The van der Waals surface area contributed by atoms with Crippen LogP contribution in [0.1, 0.15) is 38.5 Å². The molecule has 1 amide bonds. The fourth-order valence-electron chi connectivity index (χ4n) is 3.75. The zero-order chi connectivity index (χ0) is 16.3. The van der Waals surface area contributed by atoms with Gasteiger partial charge in [-0.2, -0.15) is 0 Å². The van der Waals surface area contributed by atoms with Crippen molar-refractivity contribution in [2.45, 2.75) is 62.0 Å². The Morgan fingerprint density at radius 3 is 2.14 bits per heavy atom. The second-order valence-corrected chi connectivity index (χ2v) is 6.65. The van der Waals surface area contributed by atoms with E-state index in [0.717, 1.165) is 4.90 Å². The van der Waals surface area contributed by atoms with Crippen LogP contribution in [0.2, 0.25) is 0 Å². The molecule has 0 aromatic carbocycles. The van der Waals surface area contributed by atoms with E-state index in [2.05, 4.69) is 0 Å². The lowest BCUT2D eigenvalue weighted by atomic mass is 9.89. The summed E-state index contributed by atoms with van der Waals surface area (Å²) in [6.45, 7) is -1.03. The Kier molecular flexibility index (Phi) is 3.33. The van der Waals surface area contributed by atoms with Gasteiger partial charge >= 0.3 is 0 Å². The second-order valence-electron chi connectivity index (χ2n) is 6.65. The summed E-state index contributed by atoms with van der Waals surface area (Å²) in [5, 5.41) is 9.91. The number of hydrogen-bond acceptors (Lipinski definition) is 3. The van der Waals surface area contributed by atoms with E-state index in [4.69, 9.17) is 0 Å². The third kappa shape index (κ3) is 2.23. The molecule has 4 nitrogen and oxygen atoms in total. The molecule has 1 aliphatic heterocycles. The molecule has 2 saturated carbocycles. The predicted octanol–water partition coefficient (Wildman–Crippen LogP) is 1.75. The fraction of sp³-hybridized carbons (Fsp3) is 0.857. The van der Waals surface area contributed by atoms with Crippen LogP contribution in [-0.4, -0.2) is 51.7 Å². The van der Waals surface area contributed by atoms with Gasteiger partial charge in [0.1, 0.15) is 6.10 Å². The van der Waals surface area contributed by atoms with Gasteiger partial charge < -0.3 is 10.0 Å². The van der Waals surface area contributed by atoms with E-state index in [1.165, 1.54) is 0 Å². The molecule has 22 heavy (non-hydrogen) atoms. The molecule has 3 rings (SSSR count). The standard InChI is InChI=1S/C14H17F4NO3/c15-13(16)6-8(13)5-9(20)10(21)19-7-14(17,18)11(22)12(19)3-1-2-4-12/h8,11,22H,1-7H2. The van der Waals surface area contributed by atoms with Crippen LogP contribution in [0.25, 0.3) is 0 Å². The molecule has 0 aromatic heterocycles. The molecular formula is C14H17F4NO3. The maximum absolute atomic E-state index is 13.8. The first-order valence-electron chi connectivity index (χ1n) is 7.39. The van der Waals surface area contributed by atoms with Gasteiger partial charge in [-0.25, -0.2) is 17.6 Å². The number of Topliss-reactive ketones (excluding diaryl/α,β-unsaturated/α-hetero) is 1. The quantitative estimate of drug-likeness (QED) is 0.636. The van der Waals surface area contributed by atoms with Crippen LogP contribution in [0.4, 0.5) is 17.6 Å². The number of carbonyl (C=O) groups excluding carboxylic acids is 2. The van der Waals surface area contributed by atoms with Gasteiger partial charge in [0.2, 0.25) is 5.78 Å². The van der Waals surface area contributed by atoms with Crippen LogP contribution in [-0.2, 0) is 9.59 Å². The van der Waals surface area contributed by atoms with Crippen molar-refractivity contribution in [2.24, 2.45) is 5.92 Å². The molecule has 0 bridgehead atoms. The van der Waals surface area contributed by atoms with Gasteiger partial charge in [-0.15, -0.1) is 0 Å². The van der Waals surface area contributed by atoms with Crippen molar-refractivity contribution < 1.29 is 32.3 Å². The Bertz CT molecular complexity index is 516. The molecule has 1 heterocycles. The number of carbonyl (C=O) groups is 2. The lowest BCUT2D eigenvalue weighted by Crippen LogP contribution is -2.53. The monoisotopic (exact) mass is 323 g/mol. The number of nitrogens with zero attached hydrogens (tertiary/aromatic N) is 1. The molecule has 2 unspecified atom stereocenters. The number of hydrogen-bond donors (Lipinski definition) is 1. The summed E-state index contributed by atoms with van der Waals surface area (Å²) in [4.78, 5) is 24.8. The van der Waals surface area contributed by atoms with Gasteiger partial charge in [-0.05, 0) is 12.8 Å². The SMILES string of the molecule is O=C(CC1CC1(F)F)C(=O)N1CC(F)(F)C(O)C12CCCC2. The molecule has 0 radical (unpaired) electrons. The number of aliphatic hydroxyl groups excluding tert-OH is 1. The number of halogens is 4. The Morgan fingerprint density at radius 1 is 1.09 bits per heavy atom. The minimum absolute atomic E-state index is 0.197. The molecule has 0 aromatic rings. The van der Waals surface area contributed by atoms with E-state index in [-0.39, 0.29) is 12.8 Å². The van der Waals surface area contributed by atoms with Crippen molar-refractivity contribution in [1.82, 2.24) is 4.90 Å². The van der Waals surface area contributed by atoms with Gasteiger partial charge in [0, 0.05) is 18.8 Å². The van der Waals surface area contributed by atoms with E-state index in [1.807, 2.05) is 0 Å². The number of likely N-dealkylation sites (tertiary alicyclic amines) is 1. The van der Waals surface area contributed by atoms with Gasteiger partial charge in [-0.1, -0.05) is 12.8 Å². The second kappa shape index (κ2) is 4.66. The number of rotatable bonds is 3. The first kappa shape index (κ1) is 15.7. The summed E-state index contributed by atoms with van der Waals surface area (Å²) in [5.74, 6) is -9.82. The summed E-state index contributed by atoms with van der Waals surface area (Å²) in [7, 11) is 0. The Morgan fingerprint density at radius 2 is 1.64 bits per heavy atom. The molecule has 124 valence electrons. The third-order valence-corrected chi connectivity index (χ3v) is 5.16. The van der Waals surface area contributed by atoms with Gasteiger partial charge in [0.05, 0.1) is 12.1 Å². The third-order valence-electron chi connectivity index (χ3n) is 5.16. The van der Waals surface area contributed by atoms with E-state index < -0.39 is 60.5 Å². The van der Waals surface area contributed by atoms with Crippen molar-refractivity contribution in [2.75, 3.05) is 6.54 Å².